The summed E-state index contributed by atoms with van der Waals surface area (Å²) in [6.07, 6.45) is 5.94. The van der Waals surface area contributed by atoms with Crippen molar-refractivity contribution in [1.82, 2.24) is 20.3 Å². The van der Waals surface area contributed by atoms with E-state index in [2.05, 4.69) is 25.6 Å². The number of carbonyl (C=O) groups excluding carboxylic acids is 1. The first-order valence-corrected chi connectivity index (χ1v) is 7.55. The minimum atomic E-state index is -0.226. The lowest BCUT2D eigenvalue weighted by atomic mass is 10.5. The van der Waals surface area contributed by atoms with E-state index in [9.17, 15) is 4.79 Å². The molecule has 0 bridgehead atoms. The van der Waals surface area contributed by atoms with Crippen LogP contribution in [0.4, 0.5) is 9.93 Å². The number of urea groups is 1. The molecule has 2 amide bonds. The van der Waals surface area contributed by atoms with E-state index in [1.807, 2.05) is 5.38 Å². The summed E-state index contributed by atoms with van der Waals surface area (Å²) in [6, 6.07) is 1.56. The molecule has 2 heterocycles. The largest absolute Gasteiger partial charge is 0.338 e. The third kappa shape index (κ3) is 5.23. The van der Waals surface area contributed by atoms with Crippen LogP contribution in [0.1, 0.15) is 6.42 Å². The molecule has 2 aromatic rings. The highest BCUT2D eigenvalue weighted by molar-refractivity contribution is 7.99. The van der Waals surface area contributed by atoms with Gasteiger partial charge in [-0.1, -0.05) is 11.8 Å². The third-order valence-electron chi connectivity index (χ3n) is 2.03. The SMILES string of the molecule is O=C(NCCCSc1ncccn1)Nc1nccs1. The molecule has 0 unspecified atom stereocenters. The molecular formula is C11H13N5OS2. The number of nitrogens with zero attached hydrogens (tertiary/aromatic N) is 3. The van der Waals surface area contributed by atoms with Crippen LogP contribution in [0.3, 0.4) is 0 Å². The van der Waals surface area contributed by atoms with E-state index in [1.165, 1.54) is 11.3 Å². The summed E-state index contributed by atoms with van der Waals surface area (Å²) in [7, 11) is 0. The summed E-state index contributed by atoms with van der Waals surface area (Å²) in [5.74, 6) is 0.863. The van der Waals surface area contributed by atoms with Crippen molar-refractivity contribution in [2.45, 2.75) is 11.6 Å². The van der Waals surface area contributed by atoms with E-state index in [1.54, 1.807) is 36.4 Å². The van der Waals surface area contributed by atoms with E-state index >= 15 is 0 Å². The molecule has 19 heavy (non-hydrogen) atoms. The summed E-state index contributed by atoms with van der Waals surface area (Å²) >= 11 is 2.96. The minimum absolute atomic E-state index is 0.226. The number of hydrogen-bond donors (Lipinski definition) is 2. The van der Waals surface area contributed by atoms with Crippen molar-refractivity contribution < 1.29 is 4.79 Å². The Labute approximate surface area is 119 Å². The number of nitrogens with one attached hydrogen (secondary N) is 2. The van der Waals surface area contributed by atoms with E-state index in [-0.39, 0.29) is 6.03 Å². The quantitative estimate of drug-likeness (QED) is 0.485. The number of anilines is 1. The summed E-state index contributed by atoms with van der Waals surface area (Å²) in [5.41, 5.74) is 0. The van der Waals surface area contributed by atoms with Gasteiger partial charge < -0.3 is 5.32 Å². The molecule has 6 nitrogen and oxygen atoms in total. The fourth-order valence-electron chi connectivity index (χ4n) is 1.22. The fourth-order valence-corrected chi connectivity index (χ4v) is 2.49. The van der Waals surface area contributed by atoms with Gasteiger partial charge in [-0.3, -0.25) is 5.32 Å². The van der Waals surface area contributed by atoms with E-state index in [0.717, 1.165) is 17.3 Å². The van der Waals surface area contributed by atoms with Gasteiger partial charge in [0.1, 0.15) is 0 Å². The fraction of sp³-hybridized carbons (Fsp3) is 0.273. The highest BCUT2D eigenvalue weighted by Gasteiger charge is 2.02. The molecule has 2 rings (SSSR count). The van der Waals surface area contributed by atoms with Gasteiger partial charge in [0.15, 0.2) is 10.3 Å². The first-order valence-electron chi connectivity index (χ1n) is 5.69. The molecule has 0 aliphatic rings. The van der Waals surface area contributed by atoms with Crippen LogP contribution in [0.15, 0.2) is 35.2 Å². The molecule has 0 aliphatic carbocycles. The second-order valence-electron chi connectivity index (χ2n) is 3.45. The maximum Gasteiger partial charge on any atom is 0.321 e. The van der Waals surface area contributed by atoms with Crippen LogP contribution in [0.2, 0.25) is 0 Å². The number of rotatable bonds is 6. The molecule has 8 heteroatoms. The second-order valence-corrected chi connectivity index (χ2v) is 5.41. The molecule has 0 aliphatic heterocycles. The van der Waals surface area contributed by atoms with E-state index in [4.69, 9.17) is 0 Å². The van der Waals surface area contributed by atoms with Crippen molar-refractivity contribution in [3.8, 4) is 0 Å². The Balaban J connectivity index is 1.56. The van der Waals surface area contributed by atoms with Crippen LogP contribution in [0, 0.1) is 0 Å². The molecule has 0 saturated carbocycles. The van der Waals surface area contributed by atoms with Gasteiger partial charge in [0.25, 0.3) is 0 Å². The van der Waals surface area contributed by atoms with Crippen LogP contribution in [-0.2, 0) is 0 Å². The Morgan fingerprint density at radius 2 is 2.11 bits per heavy atom. The predicted molar refractivity (Wildman–Crippen MR) is 76.5 cm³/mol. The average molecular weight is 295 g/mol. The van der Waals surface area contributed by atoms with Crippen molar-refractivity contribution in [2.24, 2.45) is 0 Å². The first kappa shape index (κ1) is 13.8. The Kier molecular flexibility index (Phi) is 5.57. The van der Waals surface area contributed by atoms with Crippen LogP contribution in [0.5, 0.6) is 0 Å². The Morgan fingerprint density at radius 1 is 1.26 bits per heavy atom. The van der Waals surface area contributed by atoms with E-state index < -0.39 is 0 Å². The van der Waals surface area contributed by atoms with Crippen molar-refractivity contribution in [3.63, 3.8) is 0 Å². The topological polar surface area (TPSA) is 79.8 Å². The zero-order valence-corrected chi connectivity index (χ0v) is 11.7. The molecule has 2 N–H and O–H groups in total. The molecule has 100 valence electrons. The lowest BCUT2D eigenvalue weighted by Gasteiger charge is -2.04. The number of aromatic nitrogens is 3. The monoisotopic (exact) mass is 295 g/mol. The molecule has 0 radical (unpaired) electrons. The van der Waals surface area contributed by atoms with Crippen molar-refractivity contribution in [1.29, 1.82) is 0 Å². The molecule has 0 fully saturated rings. The van der Waals surface area contributed by atoms with Gasteiger partial charge in [-0.25, -0.2) is 19.7 Å². The third-order valence-corrected chi connectivity index (χ3v) is 3.68. The Bertz CT molecular complexity index is 491. The lowest BCUT2D eigenvalue weighted by molar-refractivity contribution is 0.252. The zero-order chi connectivity index (χ0) is 13.3. The van der Waals surface area contributed by atoms with Crippen molar-refractivity contribution >= 4 is 34.3 Å². The van der Waals surface area contributed by atoms with Gasteiger partial charge in [0, 0.05) is 36.3 Å². The maximum atomic E-state index is 11.5. The molecular weight excluding hydrogens is 282 g/mol. The number of amides is 2. The number of carbonyl (C=O) groups is 1. The standard InChI is InChI=1S/C11H13N5OS2/c17-9(16-11-15-6-8-19-11)12-5-2-7-18-10-13-3-1-4-14-10/h1,3-4,6,8H,2,5,7H2,(H2,12,15,16,17). The van der Waals surface area contributed by atoms with Crippen LogP contribution < -0.4 is 10.6 Å². The summed E-state index contributed by atoms with van der Waals surface area (Å²) in [5, 5.41) is 8.60. The highest BCUT2D eigenvalue weighted by atomic mass is 32.2. The van der Waals surface area contributed by atoms with Gasteiger partial charge >= 0.3 is 6.03 Å². The number of thiazole rings is 1. The van der Waals surface area contributed by atoms with E-state index in [0.29, 0.717) is 11.7 Å². The number of thioether (sulfide) groups is 1. The van der Waals surface area contributed by atoms with Gasteiger partial charge in [-0.15, -0.1) is 11.3 Å². The van der Waals surface area contributed by atoms with Gasteiger partial charge in [0.05, 0.1) is 0 Å². The predicted octanol–water partition coefficient (Wildman–Crippen LogP) is 2.24. The van der Waals surface area contributed by atoms with Crippen LogP contribution in [-0.4, -0.2) is 33.3 Å². The van der Waals surface area contributed by atoms with Crippen LogP contribution in [0.25, 0.3) is 0 Å². The first-order chi connectivity index (χ1) is 9.34. The number of hydrogen-bond acceptors (Lipinski definition) is 6. The summed E-state index contributed by atoms with van der Waals surface area (Å²) < 4.78 is 0. The summed E-state index contributed by atoms with van der Waals surface area (Å²) in [6.45, 7) is 0.608. The molecule has 0 atom stereocenters. The van der Waals surface area contributed by atoms with Gasteiger partial charge in [0.2, 0.25) is 0 Å². The van der Waals surface area contributed by atoms with Crippen molar-refractivity contribution in [2.75, 3.05) is 17.6 Å². The second kappa shape index (κ2) is 7.70. The smallest absolute Gasteiger partial charge is 0.321 e. The highest BCUT2D eigenvalue weighted by Crippen LogP contribution is 2.12. The van der Waals surface area contributed by atoms with Gasteiger partial charge in [-0.05, 0) is 12.5 Å². The minimum Gasteiger partial charge on any atom is -0.338 e. The van der Waals surface area contributed by atoms with Crippen LogP contribution >= 0.6 is 23.1 Å². The molecule has 0 saturated heterocycles. The Hall–Kier alpha value is -1.67. The maximum absolute atomic E-state index is 11.5. The molecule has 2 aromatic heterocycles. The zero-order valence-electron chi connectivity index (χ0n) is 10.1. The normalized spacial score (nSPS) is 10.1. The summed E-state index contributed by atoms with van der Waals surface area (Å²) in [4.78, 5) is 23.6. The average Bonchev–Trinajstić information content (AvgIpc) is 2.92. The van der Waals surface area contributed by atoms with Crippen molar-refractivity contribution in [3.05, 3.63) is 30.0 Å². The molecule has 0 spiro atoms. The van der Waals surface area contributed by atoms with Gasteiger partial charge in [-0.2, -0.15) is 0 Å². The Morgan fingerprint density at radius 3 is 2.84 bits per heavy atom. The molecule has 0 aromatic carbocycles. The lowest BCUT2D eigenvalue weighted by Crippen LogP contribution is -2.29.